The molecule has 0 bridgehead atoms. The number of carbonyl (C=O) groups excluding carboxylic acids is 1. The average molecular weight is 676 g/mol. The lowest BCUT2D eigenvalue weighted by Gasteiger charge is -2.39. The summed E-state index contributed by atoms with van der Waals surface area (Å²) in [5.74, 6) is 0.228. The second-order valence-corrected chi connectivity index (χ2v) is 14.9. The molecule has 2 aliphatic rings. The number of aryl methyl sites for hydroxylation is 1. The van der Waals surface area contributed by atoms with Crippen LogP contribution >= 0.6 is 11.6 Å². The van der Waals surface area contributed by atoms with Crippen LogP contribution in [0.3, 0.4) is 0 Å². The quantitative estimate of drug-likeness (QED) is 0.0906. The summed E-state index contributed by atoms with van der Waals surface area (Å²) in [7, 11) is 1.52. The van der Waals surface area contributed by atoms with Gasteiger partial charge in [0.25, 0.3) is 0 Å². The summed E-state index contributed by atoms with van der Waals surface area (Å²) in [5.41, 5.74) is 0.950. The maximum Gasteiger partial charge on any atom is 0.163 e. The topological polar surface area (TPSA) is 58.6 Å². The van der Waals surface area contributed by atoms with Gasteiger partial charge in [-0.05, 0) is 94.2 Å². The molecule has 6 heteroatoms. The lowest BCUT2D eigenvalue weighted by Crippen LogP contribution is -2.50. The molecule has 0 amide bonds. The van der Waals surface area contributed by atoms with E-state index in [2.05, 4.69) is 27.7 Å². The molecule has 270 valence electrons. The van der Waals surface area contributed by atoms with Gasteiger partial charge in [-0.1, -0.05) is 90.7 Å². The van der Waals surface area contributed by atoms with E-state index >= 15 is 0 Å². The zero-order chi connectivity index (χ0) is 34.5. The van der Waals surface area contributed by atoms with Gasteiger partial charge in [0, 0.05) is 30.8 Å². The van der Waals surface area contributed by atoms with Crippen LogP contribution in [0, 0.1) is 12.3 Å². The summed E-state index contributed by atoms with van der Waals surface area (Å²) in [6, 6.07) is 3.55. The lowest BCUT2D eigenvalue weighted by atomic mass is 9.78. The van der Waals surface area contributed by atoms with Crippen LogP contribution in [0.25, 0.3) is 5.57 Å². The molecule has 1 heterocycles. The SMILES string of the molecule is CCCCCC[N+](CCCCCC)(CCCCCC)CCCCCC.COc1cc(C)cc(Cl)c1C1=C([O-])C2(CCOCC2)CC1=O. The van der Waals surface area contributed by atoms with Crippen LogP contribution in [-0.4, -0.2) is 56.8 Å². The van der Waals surface area contributed by atoms with Crippen LogP contribution in [-0.2, 0) is 9.53 Å². The fourth-order valence-electron chi connectivity index (χ4n) is 7.57. The van der Waals surface area contributed by atoms with Crippen molar-refractivity contribution < 1.29 is 23.9 Å². The summed E-state index contributed by atoms with van der Waals surface area (Å²) in [6.07, 6.45) is 24.3. The predicted molar refractivity (Wildman–Crippen MR) is 198 cm³/mol. The Morgan fingerprint density at radius 1 is 0.766 bits per heavy atom. The Morgan fingerprint density at radius 3 is 1.62 bits per heavy atom. The lowest BCUT2D eigenvalue weighted by molar-refractivity contribution is -0.929. The van der Waals surface area contributed by atoms with Crippen molar-refractivity contribution in [2.75, 3.05) is 46.5 Å². The van der Waals surface area contributed by atoms with Crippen molar-refractivity contribution in [2.45, 2.75) is 157 Å². The van der Waals surface area contributed by atoms with Gasteiger partial charge in [0.05, 0.1) is 38.3 Å². The molecule has 0 N–H and O–H groups in total. The van der Waals surface area contributed by atoms with E-state index in [1.807, 2.05) is 6.92 Å². The smallest absolute Gasteiger partial charge is 0.163 e. The number of methoxy groups -OCH3 is 1. The van der Waals surface area contributed by atoms with Gasteiger partial charge >= 0.3 is 0 Å². The maximum atomic E-state index is 13.0. The first-order valence-corrected chi connectivity index (χ1v) is 19.8. The molecule has 1 aromatic carbocycles. The second kappa shape index (κ2) is 23.0. The normalized spacial score (nSPS) is 16.1. The maximum absolute atomic E-state index is 13.0. The molecule has 1 aliphatic heterocycles. The first-order chi connectivity index (χ1) is 22.7. The van der Waals surface area contributed by atoms with E-state index in [0.717, 1.165) is 5.56 Å². The number of carbonyl (C=O) groups is 1. The molecular weight excluding hydrogens is 606 g/mol. The molecular formula is C41H70ClNO4. The Morgan fingerprint density at radius 2 is 1.21 bits per heavy atom. The monoisotopic (exact) mass is 675 g/mol. The number of nitrogens with zero attached hydrogens (tertiary/aromatic N) is 1. The number of unbranched alkanes of at least 4 members (excludes halogenated alkanes) is 12. The number of quaternary nitrogens is 1. The van der Waals surface area contributed by atoms with Crippen molar-refractivity contribution in [1.29, 1.82) is 0 Å². The summed E-state index contributed by atoms with van der Waals surface area (Å²) in [4.78, 5) is 12.6. The molecule has 1 fully saturated rings. The number of Topliss-reactive ketones (excluding diaryl/α,β-unsaturated/α-hetero) is 1. The van der Waals surface area contributed by atoms with Crippen LogP contribution < -0.4 is 9.84 Å². The number of hydrogen-bond donors (Lipinski definition) is 0. The zero-order valence-electron chi connectivity index (χ0n) is 31.3. The summed E-state index contributed by atoms with van der Waals surface area (Å²) >= 11 is 6.32. The molecule has 0 saturated carbocycles. The van der Waals surface area contributed by atoms with Crippen molar-refractivity contribution in [3.63, 3.8) is 0 Å². The van der Waals surface area contributed by atoms with Crippen LogP contribution in [0.2, 0.25) is 5.02 Å². The largest absolute Gasteiger partial charge is 0.875 e. The fraction of sp³-hybridized carbons (Fsp3) is 0.780. The van der Waals surface area contributed by atoms with E-state index in [4.69, 9.17) is 21.1 Å². The fourth-order valence-corrected chi connectivity index (χ4v) is 7.93. The molecule has 1 saturated heterocycles. The second-order valence-electron chi connectivity index (χ2n) is 14.5. The van der Waals surface area contributed by atoms with Crippen molar-refractivity contribution in [3.8, 4) is 5.75 Å². The zero-order valence-corrected chi connectivity index (χ0v) is 32.0. The minimum absolute atomic E-state index is 0.107. The van der Waals surface area contributed by atoms with Gasteiger partial charge in [0.15, 0.2) is 5.78 Å². The van der Waals surface area contributed by atoms with E-state index in [9.17, 15) is 9.90 Å². The third-order valence-electron chi connectivity index (χ3n) is 10.5. The van der Waals surface area contributed by atoms with Crippen molar-refractivity contribution >= 4 is 23.0 Å². The minimum Gasteiger partial charge on any atom is -0.875 e. The third-order valence-corrected chi connectivity index (χ3v) is 10.8. The number of halogens is 1. The van der Waals surface area contributed by atoms with Gasteiger partial charge in [-0.3, -0.25) is 4.79 Å². The summed E-state index contributed by atoms with van der Waals surface area (Å²) in [5, 5.41) is 13.4. The van der Waals surface area contributed by atoms with E-state index in [-0.39, 0.29) is 23.5 Å². The highest BCUT2D eigenvalue weighted by Crippen LogP contribution is 2.50. The van der Waals surface area contributed by atoms with Crippen LogP contribution in [0.1, 0.15) is 161 Å². The van der Waals surface area contributed by atoms with E-state index < -0.39 is 5.41 Å². The van der Waals surface area contributed by atoms with Crippen LogP contribution in [0.4, 0.5) is 0 Å². The highest BCUT2D eigenvalue weighted by molar-refractivity contribution is 6.36. The molecule has 5 nitrogen and oxygen atoms in total. The van der Waals surface area contributed by atoms with Crippen molar-refractivity contribution in [1.82, 2.24) is 0 Å². The molecule has 3 rings (SSSR count). The number of ether oxygens (including phenoxy) is 2. The van der Waals surface area contributed by atoms with Crippen LogP contribution in [0.15, 0.2) is 17.9 Å². The van der Waals surface area contributed by atoms with Crippen molar-refractivity contribution in [2.24, 2.45) is 5.41 Å². The number of ketones is 1. The average Bonchev–Trinajstić information content (AvgIpc) is 3.29. The van der Waals surface area contributed by atoms with E-state index in [0.29, 0.717) is 42.4 Å². The summed E-state index contributed by atoms with van der Waals surface area (Å²) in [6.45, 7) is 18.1. The van der Waals surface area contributed by atoms with Gasteiger partial charge in [0.1, 0.15) is 5.75 Å². The molecule has 47 heavy (non-hydrogen) atoms. The first-order valence-electron chi connectivity index (χ1n) is 19.4. The highest BCUT2D eigenvalue weighted by atomic mass is 35.5. The van der Waals surface area contributed by atoms with Gasteiger partial charge in [0.2, 0.25) is 0 Å². The van der Waals surface area contributed by atoms with E-state index in [1.54, 1.807) is 12.1 Å². The molecule has 1 spiro atoms. The predicted octanol–water partition coefficient (Wildman–Crippen LogP) is 10.6. The van der Waals surface area contributed by atoms with E-state index in [1.165, 1.54) is 141 Å². The van der Waals surface area contributed by atoms with Gasteiger partial charge in [-0.15, -0.1) is 5.76 Å². The Labute approximate surface area is 294 Å². The number of allylic oxidation sites excluding steroid dienone is 2. The Hall–Kier alpha value is -1.56. The number of rotatable bonds is 22. The molecule has 1 aliphatic carbocycles. The molecule has 0 radical (unpaired) electrons. The first kappa shape index (κ1) is 41.6. The molecule has 0 aromatic heterocycles. The number of hydrogen-bond acceptors (Lipinski definition) is 4. The Balaban J connectivity index is 0.000000328. The molecule has 0 atom stereocenters. The minimum atomic E-state index is -0.607. The van der Waals surface area contributed by atoms with Gasteiger partial charge in [-0.25, -0.2) is 0 Å². The van der Waals surface area contributed by atoms with Gasteiger partial charge in [-0.2, -0.15) is 0 Å². The van der Waals surface area contributed by atoms with Crippen molar-refractivity contribution in [3.05, 3.63) is 34.0 Å². The number of benzene rings is 1. The molecule has 0 unspecified atom stereocenters. The summed E-state index contributed by atoms with van der Waals surface area (Å²) < 4.78 is 12.2. The Kier molecular flexibility index (Phi) is 20.3. The van der Waals surface area contributed by atoms with Gasteiger partial charge < -0.3 is 19.1 Å². The standard InChI is InChI=1S/C24H52N.C17H19ClO4/c1-5-9-13-17-21-25(22-18-14-10-6-2,23-19-15-11-7-3)24-20-16-12-8-4;1-10-7-11(18)14(13(8-10)21-2)15-12(19)9-17(16(15)20)3-5-22-6-4-17/h5-24H2,1-4H3;7-8,20H,3-6,9H2,1-2H3/q+1;/p-1. The highest BCUT2D eigenvalue weighted by Gasteiger charge is 2.43. The Bertz CT molecular complexity index is 1010. The van der Waals surface area contributed by atoms with Crippen LogP contribution in [0.5, 0.6) is 5.75 Å². The molecule has 1 aromatic rings. The third kappa shape index (κ3) is 13.3.